The van der Waals surface area contributed by atoms with E-state index >= 15 is 0 Å². The number of imide groups is 1. The number of carbonyl (C=O) groups is 2. The van der Waals surface area contributed by atoms with Crippen LogP contribution in [-0.4, -0.2) is 56.1 Å². The molecule has 6 nitrogen and oxygen atoms in total. The van der Waals surface area contributed by atoms with Gasteiger partial charge in [0.05, 0.1) is 6.54 Å². The summed E-state index contributed by atoms with van der Waals surface area (Å²) in [6.45, 7) is 6.34. The normalized spacial score (nSPS) is 15.3. The number of nitrogens with one attached hydrogen (secondary N) is 2. The molecule has 1 saturated heterocycles. The van der Waals surface area contributed by atoms with Gasteiger partial charge in [-0.3, -0.25) is 15.0 Å². The monoisotopic (exact) mass is 318 g/mol. The largest absolute Gasteiger partial charge is 0.369 e. The molecule has 6 heteroatoms. The molecule has 23 heavy (non-hydrogen) atoms. The molecule has 3 amide bonds. The molecule has 0 unspecified atom stereocenters. The lowest BCUT2D eigenvalue weighted by atomic mass is 10.2. The molecule has 1 aromatic rings. The summed E-state index contributed by atoms with van der Waals surface area (Å²) in [5, 5.41) is 5.07. The molecule has 2 rings (SSSR count). The van der Waals surface area contributed by atoms with Crippen molar-refractivity contribution in [3.8, 4) is 0 Å². The van der Waals surface area contributed by atoms with Crippen LogP contribution in [0.3, 0.4) is 0 Å². The Labute approximate surface area is 137 Å². The summed E-state index contributed by atoms with van der Waals surface area (Å²) < 4.78 is 0. The number of nitrogens with zero attached hydrogens (tertiary/aromatic N) is 2. The van der Waals surface area contributed by atoms with Gasteiger partial charge in [-0.05, 0) is 18.6 Å². The molecule has 1 heterocycles. The summed E-state index contributed by atoms with van der Waals surface area (Å²) in [7, 11) is 0. The van der Waals surface area contributed by atoms with Crippen molar-refractivity contribution in [3.05, 3.63) is 30.3 Å². The van der Waals surface area contributed by atoms with Gasteiger partial charge in [0.25, 0.3) is 0 Å². The van der Waals surface area contributed by atoms with E-state index in [0.717, 1.165) is 39.0 Å². The second kappa shape index (κ2) is 9.15. The van der Waals surface area contributed by atoms with E-state index in [1.54, 1.807) is 0 Å². The maximum absolute atomic E-state index is 11.9. The smallest absolute Gasteiger partial charge is 0.321 e. The van der Waals surface area contributed by atoms with E-state index in [1.807, 2.05) is 18.2 Å². The SMILES string of the molecule is CCCCNC(=O)NC(=O)CN1CCN(c2ccccc2)CC1. The van der Waals surface area contributed by atoms with Gasteiger partial charge in [0.2, 0.25) is 5.91 Å². The second-order valence-corrected chi connectivity index (χ2v) is 5.76. The van der Waals surface area contributed by atoms with Crippen molar-refractivity contribution in [2.24, 2.45) is 0 Å². The third-order valence-corrected chi connectivity index (χ3v) is 3.93. The molecular formula is C17H26N4O2. The van der Waals surface area contributed by atoms with Crippen LogP contribution >= 0.6 is 0 Å². The van der Waals surface area contributed by atoms with Crippen LogP contribution in [0.25, 0.3) is 0 Å². The molecular weight excluding hydrogens is 292 g/mol. The number of para-hydroxylation sites is 1. The number of unbranched alkanes of at least 4 members (excludes halogenated alkanes) is 1. The highest BCUT2D eigenvalue weighted by Crippen LogP contribution is 2.15. The maximum Gasteiger partial charge on any atom is 0.321 e. The topological polar surface area (TPSA) is 64.7 Å². The first kappa shape index (κ1) is 17.3. The number of amides is 3. The molecule has 0 aromatic heterocycles. The molecule has 0 bridgehead atoms. The first-order chi connectivity index (χ1) is 11.2. The highest BCUT2D eigenvalue weighted by atomic mass is 16.2. The zero-order chi connectivity index (χ0) is 16.5. The average molecular weight is 318 g/mol. The molecule has 0 aliphatic carbocycles. The highest BCUT2D eigenvalue weighted by molar-refractivity contribution is 5.95. The van der Waals surface area contributed by atoms with E-state index < -0.39 is 6.03 Å². The van der Waals surface area contributed by atoms with Crippen LogP contribution in [0.1, 0.15) is 19.8 Å². The summed E-state index contributed by atoms with van der Waals surface area (Å²) in [5.74, 6) is -0.243. The van der Waals surface area contributed by atoms with Gasteiger partial charge in [-0.15, -0.1) is 0 Å². The van der Waals surface area contributed by atoms with Gasteiger partial charge >= 0.3 is 6.03 Å². The molecule has 1 aliphatic heterocycles. The minimum Gasteiger partial charge on any atom is -0.369 e. The Kier molecular flexibility index (Phi) is 6.87. The Hall–Kier alpha value is -2.08. The fourth-order valence-corrected chi connectivity index (χ4v) is 2.60. The van der Waals surface area contributed by atoms with Crippen molar-refractivity contribution in [2.75, 3.05) is 44.2 Å². The summed E-state index contributed by atoms with van der Waals surface area (Å²) in [6, 6.07) is 9.88. The summed E-state index contributed by atoms with van der Waals surface area (Å²) >= 11 is 0. The van der Waals surface area contributed by atoms with Gasteiger partial charge in [-0.25, -0.2) is 4.79 Å². The number of anilines is 1. The third-order valence-electron chi connectivity index (χ3n) is 3.93. The minimum atomic E-state index is -0.397. The Morgan fingerprint density at radius 3 is 2.43 bits per heavy atom. The van der Waals surface area contributed by atoms with E-state index in [0.29, 0.717) is 6.54 Å². The Balaban J connectivity index is 1.67. The Morgan fingerprint density at radius 2 is 1.78 bits per heavy atom. The van der Waals surface area contributed by atoms with Crippen LogP contribution < -0.4 is 15.5 Å². The zero-order valence-corrected chi connectivity index (χ0v) is 13.8. The molecule has 1 aromatic carbocycles. The third kappa shape index (κ3) is 5.90. The van der Waals surface area contributed by atoms with Crippen molar-refractivity contribution in [1.29, 1.82) is 0 Å². The molecule has 0 radical (unpaired) electrons. The standard InChI is InChI=1S/C17H26N4O2/c1-2-3-9-18-17(23)19-16(22)14-20-10-12-21(13-11-20)15-7-5-4-6-8-15/h4-8H,2-3,9-14H2,1H3,(H2,18,19,22,23). The molecule has 1 fully saturated rings. The molecule has 1 aliphatic rings. The molecule has 126 valence electrons. The van der Waals surface area contributed by atoms with Gasteiger partial charge in [-0.2, -0.15) is 0 Å². The Bertz CT molecular complexity index is 499. The van der Waals surface area contributed by atoms with E-state index in [9.17, 15) is 9.59 Å². The van der Waals surface area contributed by atoms with Crippen LogP contribution in [0.4, 0.5) is 10.5 Å². The van der Waals surface area contributed by atoms with Gasteiger partial charge in [0.1, 0.15) is 0 Å². The second-order valence-electron chi connectivity index (χ2n) is 5.76. The van der Waals surface area contributed by atoms with Crippen LogP contribution in [0, 0.1) is 0 Å². The van der Waals surface area contributed by atoms with Crippen LogP contribution in [0.2, 0.25) is 0 Å². The number of hydrogen-bond donors (Lipinski definition) is 2. The number of piperazine rings is 1. The summed E-state index contributed by atoms with van der Waals surface area (Å²) in [4.78, 5) is 27.8. The van der Waals surface area contributed by atoms with Crippen molar-refractivity contribution in [2.45, 2.75) is 19.8 Å². The maximum atomic E-state index is 11.9. The van der Waals surface area contributed by atoms with Gasteiger partial charge < -0.3 is 10.2 Å². The highest BCUT2D eigenvalue weighted by Gasteiger charge is 2.19. The van der Waals surface area contributed by atoms with E-state index in [1.165, 1.54) is 5.69 Å². The first-order valence-corrected chi connectivity index (χ1v) is 8.29. The van der Waals surface area contributed by atoms with Crippen molar-refractivity contribution in [1.82, 2.24) is 15.5 Å². The van der Waals surface area contributed by atoms with E-state index in [2.05, 4.69) is 39.5 Å². The fraction of sp³-hybridized carbons (Fsp3) is 0.529. The number of hydrogen-bond acceptors (Lipinski definition) is 4. The summed E-state index contributed by atoms with van der Waals surface area (Å²) in [6.07, 6.45) is 1.93. The quantitative estimate of drug-likeness (QED) is 0.779. The number of benzene rings is 1. The lowest BCUT2D eigenvalue weighted by Crippen LogP contribution is -2.51. The zero-order valence-electron chi connectivity index (χ0n) is 13.8. The predicted octanol–water partition coefficient (Wildman–Crippen LogP) is 1.43. The molecule has 0 spiro atoms. The molecule has 0 atom stereocenters. The van der Waals surface area contributed by atoms with Crippen LogP contribution in [0.5, 0.6) is 0 Å². The number of urea groups is 1. The summed E-state index contributed by atoms with van der Waals surface area (Å²) in [5.41, 5.74) is 1.21. The lowest BCUT2D eigenvalue weighted by molar-refractivity contribution is -0.121. The van der Waals surface area contributed by atoms with Gasteiger partial charge in [-0.1, -0.05) is 31.5 Å². The van der Waals surface area contributed by atoms with Crippen LogP contribution in [0.15, 0.2) is 30.3 Å². The molecule has 0 saturated carbocycles. The van der Waals surface area contributed by atoms with Crippen molar-refractivity contribution >= 4 is 17.6 Å². The first-order valence-electron chi connectivity index (χ1n) is 8.29. The van der Waals surface area contributed by atoms with Gasteiger partial charge in [0.15, 0.2) is 0 Å². The molecule has 2 N–H and O–H groups in total. The van der Waals surface area contributed by atoms with E-state index in [4.69, 9.17) is 0 Å². The van der Waals surface area contributed by atoms with E-state index in [-0.39, 0.29) is 12.5 Å². The average Bonchev–Trinajstić information content (AvgIpc) is 2.56. The van der Waals surface area contributed by atoms with Crippen LogP contribution in [-0.2, 0) is 4.79 Å². The van der Waals surface area contributed by atoms with Crippen molar-refractivity contribution < 1.29 is 9.59 Å². The van der Waals surface area contributed by atoms with Gasteiger partial charge in [0, 0.05) is 38.4 Å². The van der Waals surface area contributed by atoms with Crippen molar-refractivity contribution in [3.63, 3.8) is 0 Å². The Morgan fingerprint density at radius 1 is 1.09 bits per heavy atom. The number of carbonyl (C=O) groups excluding carboxylic acids is 2. The number of rotatable bonds is 6. The lowest BCUT2D eigenvalue weighted by Gasteiger charge is -2.35. The minimum absolute atomic E-state index is 0.243. The predicted molar refractivity (Wildman–Crippen MR) is 91.5 cm³/mol. The fourth-order valence-electron chi connectivity index (χ4n) is 2.60.